The molecule has 4 rings (SSSR count). The monoisotopic (exact) mass is 342 g/mol. The Hall–Kier alpha value is -1.72. The van der Waals surface area contributed by atoms with Gasteiger partial charge < -0.3 is 0 Å². The number of hydrogen-bond acceptors (Lipinski definition) is 3. The standard InChI is InChI=1S/C20H27FN4/c1-23-20(16-7-8-16)18(13-22-23)15-25-10-4-9-24(11-12-25)14-17-5-2-3-6-19(17)21/h2-3,5-6,13,16H,4,7-12,14-15H2,1H3. The van der Waals surface area contributed by atoms with Crippen molar-refractivity contribution in [3.63, 3.8) is 0 Å². The molecule has 1 aliphatic heterocycles. The summed E-state index contributed by atoms with van der Waals surface area (Å²) in [5.41, 5.74) is 3.64. The molecule has 0 N–H and O–H groups in total. The number of aromatic nitrogens is 2. The maximum atomic E-state index is 13.9. The molecule has 2 aromatic rings. The van der Waals surface area contributed by atoms with E-state index in [0.717, 1.165) is 50.6 Å². The van der Waals surface area contributed by atoms with Gasteiger partial charge in [-0.05, 0) is 38.4 Å². The Bertz CT molecular complexity index is 722. The predicted octanol–water partition coefficient (Wildman–Crippen LogP) is 3.14. The van der Waals surface area contributed by atoms with E-state index in [1.54, 1.807) is 12.1 Å². The summed E-state index contributed by atoms with van der Waals surface area (Å²) < 4.78 is 16.0. The van der Waals surface area contributed by atoms with Crippen molar-refractivity contribution in [1.82, 2.24) is 19.6 Å². The first kappa shape index (κ1) is 16.7. The van der Waals surface area contributed by atoms with E-state index in [4.69, 9.17) is 0 Å². The Labute approximate surface area is 149 Å². The lowest BCUT2D eigenvalue weighted by molar-refractivity contribution is 0.245. The van der Waals surface area contributed by atoms with E-state index < -0.39 is 0 Å². The molecule has 1 aromatic carbocycles. The second-order valence-electron chi connectivity index (χ2n) is 7.45. The predicted molar refractivity (Wildman–Crippen MR) is 96.8 cm³/mol. The maximum Gasteiger partial charge on any atom is 0.127 e. The molecule has 1 saturated heterocycles. The van der Waals surface area contributed by atoms with Crippen molar-refractivity contribution in [3.05, 3.63) is 53.1 Å². The van der Waals surface area contributed by atoms with E-state index >= 15 is 0 Å². The molecule has 0 unspecified atom stereocenters. The summed E-state index contributed by atoms with van der Waals surface area (Å²) in [6.07, 6.45) is 5.80. The van der Waals surface area contributed by atoms with E-state index in [0.29, 0.717) is 6.54 Å². The number of benzene rings is 1. The summed E-state index contributed by atoms with van der Waals surface area (Å²) in [6, 6.07) is 7.13. The normalized spacial score (nSPS) is 19.9. The Balaban J connectivity index is 1.36. The minimum absolute atomic E-state index is 0.0898. The average molecular weight is 342 g/mol. The van der Waals surface area contributed by atoms with Crippen LogP contribution in [0.3, 0.4) is 0 Å². The molecule has 0 radical (unpaired) electrons. The molecule has 1 aromatic heterocycles. The Morgan fingerprint density at radius 2 is 1.68 bits per heavy atom. The van der Waals surface area contributed by atoms with Crippen LogP contribution in [-0.2, 0) is 20.1 Å². The number of nitrogens with zero attached hydrogens (tertiary/aromatic N) is 4. The van der Waals surface area contributed by atoms with Crippen LogP contribution in [0, 0.1) is 5.82 Å². The molecule has 4 nitrogen and oxygen atoms in total. The molecule has 1 aliphatic carbocycles. The van der Waals surface area contributed by atoms with E-state index in [1.165, 1.54) is 24.1 Å². The molecule has 2 aliphatic rings. The van der Waals surface area contributed by atoms with Gasteiger partial charge in [0.2, 0.25) is 0 Å². The first-order valence-corrected chi connectivity index (χ1v) is 9.39. The Kier molecular flexibility index (Phi) is 4.86. The molecule has 1 saturated carbocycles. The van der Waals surface area contributed by atoms with E-state index in [1.807, 2.05) is 12.1 Å². The Morgan fingerprint density at radius 1 is 1.00 bits per heavy atom. The van der Waals surface area contributed by atoms with Crippen molar-refractivity contribution in [2.75, 3.05) is 26.2 Å². The summed E-state index contributed by atoms with van der Waals surface area (Å²) >= 11 is 0. The van der Waals surface area contributed by atoms with Gasteiger partial charge in [0.05, 0.1) is 6.20 Å². The third-order valence-corrected chi connectivity index (χ3v) is 5.46. The zero-order valence-electron chi connectivity index (χ0n) is 15.0. The highest BCUT2D eigenvalue weighted by atomic mass is 19.1. The molecule has 2 heterocycles. The zero-order chi connectivity index (χ0) is 17.2. The molecule has 0 atom stereocenters. The Morgan fingerprint density at radius 3 is 2.36 bits per heavy atom. The average Bonchev–Trinajstić information content (AvgIpc) is 3.40. The molecule has 134 valence electrons. The molecule has 0 spiro atoms. The third-order valence-electron chi connectivity index (χ3n) is 5.46. The molecule has 25 heavy (non-hydrogen) atoms. The highest BCUT2D eigenvalue weighted by Gasteiger charge is 2.30. The van der Waals surface area contributed by atoms with Crippen molar-refractivity contribution in [2.24, 2.45) is 7.05 Å². The first-order chi connectivity index (χ1) is 12.2. The van der Waals surface area contributed by atoms with Gasteiger partial charge in [0.15, 0.2) is 0 Å². The highest BCUT2D eigenvalue weighted by Crippen LogP contribution is 2.41. The van der Waals surface area contributed by atoms with Gasteiger partial charge in [0.25, 0.3) is 0 Å². The van der Waals surface area contributed by atoms with Crippen LogP contribution in [0.5, 0.6) is 0 Å². The van der Waals surface area contributed by atoms with Gasteiger partial charge in [-0.2, -0.15) is 5.10 Å². The summed E-state index contributed by atoms with van der Waals surface area (Å²) in [4.78, 5) is 4.91. The third kappa shape index (κ3) is 3.93. The fourth-order valence-electron chi connectivity index (χ4n) is 3.95. The fourth-order valence-corrected chi connectivity index (χ4v) is 3.95. The van der Waals surface area contributed by atoms with Crippen LogP contribution < -0.4 is 0 Å². The number of halogens is 1. The first-order valence-electron chi connectivity index (χ1n) is 9.39. The number of rotatable bonds is 5. The second-order valence-corrected chi connectivity index (χ2v) is 7.45. The van der Waals surface area contributed by atoms with Crippen LogP contribution in [0.4, 0.5) is 4.39 Å². The van der Waals surface area contributed by atoms with E-state index in [2.05, 4.69) is 32.8 Å². The highest BCUT2D eigenvalue weighted by molar-refractivity contribution is 5.25. The van der Waals surface area contributed by atoms with Crippen molar-refractivity contribution < 1.29 is 4.39 Å². The van der Waals surface area contributed by atoms with Gasteiger partial charge in [0.1, 0.15) is 5.82 Å². The van der Waals surface area contributed by atoms with Crippen LogP contribution in [0.2, 0.25) is 0 Å². The number of hydrogen-bond donors (Lipinski definition) is 0. The summed E-state index contributed by atoms with van der Waals surface area (Å²) in [7, 11) is 2.07. The minimum atomic E-state index is -0.0898. The van der Waals surface area contributed by atoms with Crippen molar-refractivity contribution in [1.29, 1.82) is 0 Å². The van der Waals surface area contributed by atoms with Crippen LogP contribution in [-0.4, -0.2) is 45.8 Å². The summed E-state index contributed by atoms with van der Waals surface area (Å²) in [6.45, 7) is 5.87. The zero-order valence-corrected chi connectivity index (χ0v) is 15.0. The summed E-state index contributed by atoms with van der Waals surface area (Å²) in [5, 5.41) is 4.49. The fraction of sp³-hybridized carbons (Fsp3) is 0.550. The van der Waals surface area contributed by atoms with Gasteiger partial charge in [-0.25, -0.2) is 4.39 Å². The van der Waals surface area contributed by atoms with Crippen molar-refractivity contribution >= 4 is 0 Å². The lowest BCUT2D eigenvalue weighted by Gasteiger charge is -2.22. The molecular formula is C20H27FN4. The molecule has 5 heteroatoms. The quantitative estimate of drug-likeness (QED) is 0.834. The van der Waals surface area contributed by atoms with Crippen LogP contribution in [0.1, 0.15) is 42.0 Å². The van der Waals surface area contributed by atoms with Crippen molar-refractivity contribution in [3.8, 4) is 0 Å². The van der Waals surface area contributed by atoms with Gasteiger partial charge in [-0.1, -0.05) is 18.2 Å². The molecule has 0 bridgehead atoms. The molecule has 0 amide bonds. The van der Waals surface area contributed by atoms with Gasteiger partial charge in [-0.15, -0.1) is 0 Å². The lowest BCUT2D eigenvalue weighted by atomic mass is 10.1. The number of aryl methyl sites for hydroxylation is 1. The minimum Gasteiger partial charge on any atom is -0.298 e. The van der Waals surface area contributed by atoms with Crippen LogP contribution in [0.25, 0.3) is 0 Å². The largest absolute Gasteiger partial charge is 0.298 e. The maximum absolute atomic E-state index is 13.9. The molecule has 2 fully saturated rings. The smallest absolute Gasteiger partial charge is 0.127 e. The van der Waals surface area contributed by atoms with Gasteiger partial charge in [0, 0.05) is 56.0 Å². The van der Waals surface area contributed by atoms with Gasteiger partial charge in [-0.3, -0.25) is 14.5 Å². The second kappa shape index (κ2) is 7.26. The van der Waals surface area contributed by atoms with E-state index in [9.17, 15) is 4.39 Å². The topological polar surface area (TPSA) is 24.3 Å². The lowest BCUT2D eigenvalue weighted by Crippen LogP contribution is -2.30. The van der Waals surface area contributed by atoms with Crippen LogP contribution in [0.15, 0.2) is 30.5 Å². The van der Waals surface area contributed by atoms with Crippen LogP contribution >= 0.6 is 0 Å². The van der Waals surface area contributed by atoms with Crippen molar-refractivity contribution in [2.45, 2.75) is 38.3 Å². The SMILES string of the molecule is Cn1ncc(CN2CCCN(Cc3ccccc3F)CC2)c1C1CC1. The van der Waals surface area contributed by atoms with E-state index in [-0.39, 0.29) is 5.82 Å². The molecular weight excluding hydrogens is 315 g/mol. The summed E-state index contributed by atoms with van der Waals surface area (Å²) in [5.74, 6) is 0.639. The van der Waals surface area contributed by atoms with Gasteiger partial charge >= 0.3 is 0 Å².